The number of halogens is 2. The van der Waals surface area contributed by atoms with Crippen LogP contribution in [0, 0.1) is 0 Å². The van der Waals surface area contributed by atoms with E-state index in [0.717, 1.165) is 37.1 Å². The number of guanidine groups is 4. The van der Waals surface area contributed by atoms with E-state index in [9.17, 15) is 30.0 Å². The third-order valence-electron chi connectivity index (χ3n) is 11.4. The number of nitrogens with zero attached hydrogens (tertiary/aromatic N) is 2. The zero-order chi connectivity index (χ0) is 53.0. The summed E-state index contributed by atoms with van der Waals surface area (Å²) in [6.45, 7) is 0.0988. The van der Waals surface area contributed by atoms with Crippen molar-refractivity contribution in [1.82, 2.24) is 0 Å². The summed E-state index contributed by atoms with van der Waals surface area (Å²) in [6, 6.07) is 35.8. The number of carboxylic acids is 2. The van der Waals surface area contributed by atoms with Crippen LogP contribution in [-0.2, 0) is 35.3 Å². The first-order chi connectivity index (χ1) is 35.6. The number of aliphatic carboxylic acids is 2. The van der Waals surface area contributed by atoms with Gasteiger partial charge < -0.3 is 67.1 Å². The molecule has 16 N–H and O–H groups in total. The smallest absolute Gasteiger partial charge is 0.385 e. The number of nitrogens with two attached hydrogens (primary N) is 4. The molecule has 0 aromatic heterocycles. The number of rotatable bonds is 15. The highest BCUT2D eigenvalue weighted by Gasteiger charge is 2.20. The van der Waals surface area contributed by atoms with Crippen molar-refractivity contribution in [2.24, 2.45) is 32.9 Å². The first-order valence-electron chi connectivity index (χ1n) is 23.5. The minimum Gasteiger partial charge on any atom is -0.546 e. The maximum Gasteiger partial charge on any atom is 0.385 e. The molecule has 75 heavy (non-hydrogen) atoms. The molecule has 0 aliphatic heterocycles. The van der Waals surface area contributed by atoms with Gasteiger partial charge in [0.15, 0.2) is 0 Å². The van der Waals surface area contributed by atoms with Crippen LogP contribution in [0.5, 0.6) is 23.0 Å². The number of carbonyl (C=O) groups excluding carboxylic acids is 2. The number of carbonyl (C=O) groups is 2. The predicted molar refractivity (Wildman–Crippen MR) is 287 cm³/mol. The second-order valence-corrected chi connectivity index (χ2v) is 17.9. The van der Waals surface area contributed by atoms with Crippen LogP contribution < -0.4 is 63.2 Å². The van der Waals surface area contributed by atoms with Crippen LogP contribution in [0.1, 0.15) is 70.2 Å². The Balaban J connectivity index is 0.000000278. The van der Waals surface area contributed by atoms with Crippen LogP contribution in [-0.4, -0.2) is 77.8 Å². The number of hydrogen-bond donors (Lipinski definition) is 10. The van der Waals surface area contributed by atoms with Crippen LogP contribution in [0.3, 0.4) is 0 Å². The number of nitrogens with one attached hydrogen (secondary N) is 4. The SMILES string of the molecule is NC(/N=C(\N)Nc1ccc(Cl)cc1)=[NH+]CCCCCC[NH+]=C(N)/N=C(\N)Nc1ccc(Cl)cc1.O.O=C([O-])COc1c2cccc1Cc1cccc(c1O)Cc1cccc(c1OCC(=O)[O-])Cc1cccc(c1O)C2. The first kappa shape index (κ1) is 57.4. The Kier molecular flexibility index (Phi) is 21.9. The van der Waals surface area contributed by atoms with Crippen molar-refractivity contribution in [3.8, 4) is 23.0 Å². The van der Waals surface area contributed by atoms with Gasteiger partial charge in [0.1, 0.15) is 36.2 Å². The van der Waals surface area contributed by atoms with Gasteiger partial charge in [-0.25, -0.2) is 0 Å². The van der Waals surface area contributed by atoms with E-state index in [1.165, 1.54) is 0 Å². The fraction of sp³-hybridized carbons (Fsp3) is 0.222. The minimum atomic E-state index is -1.37. The number of hydrogen-bond acceptors (Lipinski definition) is 8. The molecule has 0 saturated heterocycles. The van der Waals surface area contributed by atoms with Gasteiger partial charge in [0.2, 0.25) is 0 Å². The molecule has 0 radical (unpaired) electrons. The molecule has 0 unspecified atom stereocenters. The topological polar surface area (TPSA) is 351 Å². The fourth-order valence-corrected chi connectivity index (χ4v) is 8.19. The van der Waals surface area contributed by atoms with Crippen molar-refractivity contribution >= 4 is 70.4 Å². The van der Waals surface area contributed by atoms with Crippen LogP contribution >= 0.6 is 23.2 Å². The van der Waals surface area contributed by atoms with Crippen molar-refractivity contribution < 1.29 is 54.9 Å². The molecule has 0 saturated carbocycles. The molecule has 1 aliphatic carbocycles. The van der Waals surface area contributed by atoms with E-state index < -0.39 is 25.2 Å². The predicted octanol–water partition coefficient (Wildman–Crippen LogP) is 0.705. The van der Waals surface area contributed by atoms with E-state index in [1.807, 2.05) is 24.3 Å². The second-order valence-electron chi connectivity index (χ2n) is 17.0. The Bertz CT molecular complexity index is 2740. The number of phenolic OH excluding ortho intramolecular Hbond substituents is 2. The van der Waals surface area contributed by atoms with Crippen LogP contribution in [0.2, 0.25) is 10.0 Å². The van der Waals surface area contributed by atoms with Gasteiger partial charge in [-0.3, -0.25) is 21.5 Å². The molecule has 8 bridgehead atoms. The molecule has 6 aromatic carbocycles. The number of carboxylic acid groups (broad SMARTS) is 2. The van der Waals surface area contributed by atoms with Gasteiger partial charge in [0, 0.05) is 47.1 Å². The van der Waals surface area contributed by atoms with Crippen molar-refractivity contribution in [2.45, 2.75) is 51.4 Å². The molecular weight excluding hydrogens is 1000 g/mol. The molecule has 0 amide bonds. The van der Waals surface area contributed by atoms with E-state index >= 15 is 0 Å². The standard InChI is InChI=1S/C32H28O8.C22H30Cl2N10.H2O/c33-27(34)17-39-31-23-9-3-11-25(31)15-21-7-2-8-22(30(21)38)16-26-12-4-10-24(32(26)40-18-28(35)36)14-20-6-1-5-19(13-23)29(20)37;23-15-5-9-17(10-6-15)31-21(27)33-19(25)29-13-3-1-2-4-14-30-20(26)34-22(28)32-18-11-7-16(24)8-12-18;/h1-12,37-38H,13-18H2,(H,33,34)(H,35,36);5-12H,1-4,13-14H2,(H5,25,27,29,31,33)(H5,26,28,30,32,34);1H2. The monoisotopic (exact) mass is 1060 g/mol. The number of benzene rings is 6. The molecule has 21 heteroatoms. The first-order valence-corrected chi connectivity index (χ1v) is 24.3. The average molecular weight is 1060 g/mol. The normalized spacial score (nSPS) is 12.6. The van der Waals surface area contributed by atoms with Crippen LogP contribution in [0.25, 0.3) is 0 Å². The van der Waals surface area contributed by atoms with E-state index in [2.05, 4.69) is 30.6 Å². The summed E-state index contributed by atoms with van der Waals surface area (Å²) in [4.78, 5) is 36.8. The third-order valence-corrected chi connectivity index (χ3v) is 11.9. The summed E-state index contributed by atoms with van der Waals surface area (Å²) < 4.78 is 11.4. The number of aromatic hydroxyl groups is 2. The molecule has 7 rings (SSSR count). The number of anilines is 2. The number of para-hydroxylation sites is 4. The number of phenols is 2. The Morgan fingerprint density at radius 1 is 0.507 bits per heavy atom. The molecule has 19 nitrogen and oxygen atoms in total. The summed E-state index contributed by atoms with van der Waals surface area (Å²) in [5.41, 5.74) is 30.0. The summed E-state index contributed by atoms with van der Waals surface area (Å²) in [6.07, 6.45) is 4.91. The molecule has 0 spiro atoms. The largest absolute Gasteiger partial charge is 0.546 e. The van der Waals surface area contributed by atoms with Gasteiger partial charge in [-0.2, -0.15) is 0 Å². The molecule has 1 aliphatic rings. The summed E-state index contributed by atoms with van der Waals surface area (Å²) in [7, 11) is 0. The van der Waals surface area contributed by atoms with Gasteiger partial charge in [-0.05, 0) is 116 Å². The van der Waals surface area contributed by atoms with Gasteiger partial charge in [0.05, 0.1) is 25.0 Å². The maximum absolute atomic E-state index is 11.3. The van der Waals surface area contributed by atoms with Gasteiger partial charge in [0.25, 0.3) is 11.9 Å². The molecule has 0 fully saturated rings. The number of aliphatic imine (C=N–C) groups is 2. The summed E-state index contributed by atoms with van der Waals surface area (Å²) in [5, 5.41) is 52.2. The highest BCUT2D eigenvalue weighted by atomic mass is 35.5. The highest BCUT2D eigenvalue weighted by molar-refractivity contribution is 6.31. The Labute approximate surface area is 443 Å². The zero-order valence-electron chi connectivity index (χ0n) is 40.8. The van der Waals surface area contributed by atoms with Gasteiger partial charge >= 0.3 is 11.9 Å². The van der Waals surface area contributed by atoms with Crippen LogP contribution in [0.15, 0.2) is 131 Å². The number of fused-ring (bicyclic) bond motifs is 8. The van der Waals surface area contributed by atoms with E-state index in [4.69, 9.17) is 55.6 Å². The van der Waals surface area contributed by atoms with E-state index in [0.29, 0.717) is 79.1 Å². The minimum absolute atomic E-state index is 0. The molecule has 0 heterocycles. The zero-order valence-corrected chi connectivity index (χ0v) is 42.3. The lowest BCUT2D eigenvalue weighted by molar-refractivity contribution is -0.462. The highest BCUT2D eigenvalue weighted by Crippen LogP contribution is 2.38. The maximum atomic E-state index is 11.3. The van der Waals surface area contributed by atoms with Crippen LogP contribution in [0.4, 0.5) is 11.4 Å². The summed E-state index contributed by atoms with van der Waals surface area (Å²) >= 11 is 11.7. The van der Waals surface area contributed by atoms with Gasteiger partial charge in [-0.1, -0.05) is 109 Å². The van der Waals surface area contributed by atoms with Crippen molar-refractivity contribution in [3.05, 3.63) is 176 Å². The van der Waals surface area contributed by atoms with Crippen molar-refractivity contribution in [3.63, 3.8) is 0 Å². The quantitative estimate of drug-likeness (QED) is 0.0384. The lowest BCUT2D eigenvalue weighted by Crippen LogP contribution is -2.75. The average Bonchev–Trinajstić information content (AvgIpc) is 3.35. The van der Waals surface area contributed by atoms with Crippen molar-refractivity contribution in [1.29, 1.82) is 0 Å². The van der Waals surface area contributed by atoms with E-state index in [1.54, 1.807) is 97.1 Å². The Hall–Kier alpha value is -8.52. The number of unbranched alkanes of at least 4 members (excludes halogenated alkanes) is 3. The second kappa shape index (κ2) is 28.7. The lowest BCUT2D eigenvalue weighted by atomic mass is 9.91. The molecule has 6 aromatic rings. The van der Waals surface area contributed by atoms with E-state index in [-0.39, 0.29) is 66.5 Å². The fourth-order valence-electron chi connectivity index (χ4n) is 7.94. The Morgan fingerprint density at radius 2 is 0.800 bits per heavy atom. The molecule has 0 atom stereocenters. The number of ether oxygens (including phenoxy) is 2. The lowest BCUT2D eigenvalue weighted by Gasteiger charge is -2.20. The molecule has 394 valence electrons. The van der Waals surface area contributed by atoms with Gasteiger partial charge in [-0.15, -0.1) is 0 Å². The Morgan fingerprint density at radius 3 is 1.09 bits per heavy atom. The molecular formula is C54H60Cl2N10O9. The van der Waals surface area contributed by atoms with Crippen molar-refractivity contribution in [2.75, 3.05) is 36.9 Å². The third kappa shape index (κ3) is 18.2. The summed E-state index contributed by atoms with van der Waals surface area (Å²) in [5.74, 6) is -0.997.